The molecule has 0 spiro atoms. The monoisotopic (exact) mass is 409 g/mol. The molecule has 0 fully saturated rings. The molecule has 30 heavy (non-hydrogen) atoms. The molecule has 8 heteroatoms. The SMILES string of the molecule is CC(c1ccc(-c2ccccc2)c(F)c1)c1cc(NC(N)=NCC(=O)N(C)C)on1. The lowest BCUT2D eigenvalue weighted by molar-refractivity contribution is -0.127. The number of nitrogens with two attached hydrogens (primary N) is 1. The number of benzene rings is 2. The highest BCUT2D eigenvalue weighted by atomic mass is 19.1. The largest absolute Gasteiger partial charge is 0.370 e. The predicted molar refractivity (Wildman–Crippen MR) is 115 cm³/mol. The summed E-state index contributed by atoms with van der Waals surface area (Å²) in [6.07, 6.45) is 0. The maximum absolute atomic E-state index is 14.7. The minimum absolute atomic E-state index is 0.0406. The van der Waals surface area contributed by atoms with Gasteiger partial charge in [-0.25, -0.2) is 9.38 Å². The normalized spacial score (nSPS) is 12.5. The average Bonchev–Trinajstić information content (AvgIpc) is 3.20. The molecule has 0 bridgehead atoms. The van der Waals surface area contributed by atoms with Crippen LogP contribution in [0.25, 0.3) is 11.1 Å². The van der Waals surface area contributed by atoms with Gasteiger partial charge in [0.1, 0.15) is 12.4 Å². The molecule has 3 N–H and O–H groups in total. The van der Waals surface area contributed by atoms with E-state index in [1.807, 2.05) is 43.3 Å². The Morgan fingerprint density at radius 1 is 1.23 bits per heavy atom. The number of nitrogens with zero attached hydrogens (tertiary/aromatic N) is 3. The highest BCUT2D eigenvalue weighted by Gasteiger charge is 2.17. The van der Waals surface area contributed by atoms with Crippen molar-refractivity contribution >= 4 is 17.8 Å². The number of likely N-dealkylation sites (N-methyl/N-ethyl adjacent to an activating group) is 1. The van der Waals surface area contributed by atoms with Crippen LogP contribution in [0, 0.1) is 5.82 Å². The van der Waals surface area contributed by atoms with Crippen LogP contribution in [0.3, 0.4) is 0 Å². The molecule has 1 heterocycles. The average molecular weight is 409 g/mol. The Balaban J connectivity index is 1.70. The molecule has 7 nitrogen and oxygen atoms in total. The number of aromatic nitrogens is 1. The fourth-order valence-corrected chi connectivity index (χ4v) is 2.84. The topological polar surface area (TPSA) is 96.7 Å². The highest BCUT2D eigenvalue weighted by Crippen LogP contribution is 2.29. The summed E-state index contributed by atoms with van der Waals surface area (Å²) >= 11 is 0. The molecule has 156 valence electrons. The van der Waals surface area contributed by atoms with Crippen molar-refractivity contribution in [2.24, 2.45) is 10.7 Å². The van der Waals surface area contributed by atoms with Crippen LogP contribution in [0.2, 0.25) is 0 Å². The van der Waals surface area contributed by atoms with Gasteiger partial charge in [0.25, 0.3) is 0 Å². The number of hydrogen-bond donors (Lipinski definition) is 2. The van der Waals surface area contributed by atoms with E-state index in [1.54, 1.807) is 26.2 Å². The summed E-state index contributed by atoms with van der Waals surface area (Å²) in [6.45, 7) is 1.84. The Bertz CT molecular complexity index is 1050. The maximum Gasteiger partial charge on any atom is 0.243 e. The van der Waals surface area contributed by atoms with Gasteiger partial charge in [0, 0.05) is 31.6 Å². The van der Waals surface area contributed by atoms with Crippen molar-refractivity contribution in [3.63, 3.8) is 0 Å². The zero-order valence-corrected chi connectivity index (χ0v) is 17.1. The van der Waals surface area contributed by atoms with Crippen molar-refractivity contribution in [2.75, 3.05) is 26.0 Å². The number of nitrogens with one attached hydrogen (secondary N) is 1. The van der Waals surface area contributed by atoms with Gasteiger partial charge in [0.15, 0.2) is 5.96 Å². The number of hydrogen-bond acceptors (Lipinski definition) is 4. The molecule has 0 aliphatic carbocycles. The Morgan fingerprint density at radius 2 is 1.97 bits per heavy atom. The molecular weight excluding hydrogens is 385 g/mol. The van der Waals surface area contributed by atoms with E-state index >= 15 is 0 Å². The molecule has 0 aliphatic heterocycles. The molecule has 2 aromatic carbocycles. The Hall–Kier alpha value is -3.68. The van der Waals surface area contributed by atoms with Gasteiger partial charge in [-0.2, -0.15) is 0 Å². The van der Waals surface area contributed by atoms with E-state index in [0.29, 0.717) is 11.3 Å². The summed E-state index contributed by atoms with van der Waals surface area (Å²) in [5, 5.41) is 6.79. The smallest absolute Gasteiger partial charge is 0.243 e. The van der Waals surface area contributed by atoms with Gasteiger partial charge < -0.3 is 15.2 Å². The Kier molecular flexibility index (Phi) is 6.46. The molecule has 1 amide bonds. The van der Waals surface area contributed by atoms with Gasteiger partial charge in [0.2, 0.25) is 11.8 Å². The zero-order chi connectivity index (χ0) is 21.7. The predicted octanol–water partition coefficient (Wildman–Crippen LogP) is 3.45. The van der Waals surface area contributed by atoms with E-state index < -0.39 is 0 Å². The third-order valence-electron chi connectivity index (χ3n) is 4.68. The number of rotatable bonds is 6. The van der Waals surface area contributed by atoms with Gasteiger partial charge in [-0.05, 0) is 17.2 Å². The molecule has 3 rings (SSSR count). The van der Waals surface area contributed by atoms with Gasteiger partial charge in [0.05, 0.1) is 5.69 Å². The quantitative estimate of drug-likeness (QED) is 0.480. The third kappa shape index (κ3) is 5.02. The zero-order valence-electron chi connectivity index (χ0n) is 17.1. The summed E-state index contributed by atoms with van der Waals surface area (Å²) in [7, 11) is 3.28. The first-order valence-corrected chi connectivity index (χ1v) is 9.43. The third-order valence-corrected chi connectivity index (χ3v) is 4.68. The highest BCUT2D eigenvalue weighted by molar-refractivity contribution is 5.92. The molecule has 0 aliphatic rings. The van der Waals surface area contributed by atoms with Crippen LogP contribution in [-0.4, -0.2) is 42.6 Å². The lowest BCUT2D eigenvalue weighted by atomic mass is 9.95. The van der Waals surface area contributed by atoms with Crippen LogP contribution in [0.4, 0.5) is 10.3 Å². The van der Waals surface area contributed by atoms with Crippen LogP contribution in [0.15, 0.2) is 64.1 Å². The summed E-state index contributed by atoms with van der Waals surface area (Å²) in [5.74, 6) is -0.338. The number of aliphatic imine (C=N–C) groups is 1. The maximum atomic E-state index is 14.7. The lowest BCUT2D eigenvalue weighted by Crippen LogP contribution is -2.28. The van der Waals surface area contributed by atoms with Crippen LogP contribution in [0.1, 0.15) is 24.1 Å². The van der Waals surface area contributed by atoms with E-state index in [0.717, 1.165) is 11.1 Å². The first-order chi connectivity index (χ1) is 14.3. The second-order valence-corrected chi connectivity index (χ2v) is 7.06. The first kappa shape index (κ1) is 21.0. The number of amides is 1. The number of carbonyl (C=O) groups is 1. The van der Waals surface area contributed by atoms with Crippen LogP contribution >= 0.6 is 0 Å². The molecule has 3 aromatic rings. The Labute approximate surface area is 174 Å². The first-order valence-electron chi connectivity index (χ1n) is 9.43. The van der Waals surface area contributed by atoms with Crippen molar-refractivity contribution in [2.45, 2.75) is 12.8 Å². The number of carbonyl (C=O) groups excluding carboxylic acids is 1. The van der Waals surface area contributed by atoms with Gasteiger partial charge >= 0.3 is 0 Å². The van der Waals surface area contributed by atoms with Crippen molar-refractivity contribution in [1.29, 1.82) is 0 Å². The van der Waals surface area contributed by atoms with E-state index in [9.17, 15) is 9.18 Å². The molecule has 0 radical (unpaired) electrons. The minimum Gasteiger partial charge on any atom is -0.370 e. The number of halogens is 1. The standard InChI is InChI=1S/C22H24FN5O2/c1-14(16-9-10-17(18(23)11-16)15-7-5-4-6-8-15)19-12-20(30-27-19)26-22(24)25-13-21(29)28(2)3/h4-12,14H,13H2,1-3H3,(H3,24,25,26). The van der Waals surface area contributed by atoms with Gasteiger partial charge in [-0.1, -0.05) is 54.5 Å². The van der Waals surface area contributed by atoms with Crippen molar-refractivity contribution in [3.05, 3.63) is 71.7 Å². The fourth-order valence-electron chi connectivity index (χ4n) is 2.84. The minimum atomic E-state index is -0.297. The molecular formula is C22H24FN5O2. The van der Waals surface area contributed by atoms with Crippen molar-refractivity contribution in [3.8, 4) is 11.1 Å². The van der Waals surface area contributed by atoms with E-state index in [1.165, 1.54) is 11.0 Å². The van der Waals surface area contributed by atoms with E-state index in [4.69, 9.17) is 10.3 Å². The Morgan fingerprint density at radius 3 is 2.63 bits per heavy atom. The lowest BCUT2D eigenvalue weighted by Gasteiger charge is -2.11. The van der Waals surface area contributed by atoms with Crippen LogP contribution in [-0.2, 0) is 4.79 Å². The fraction of sp³-hybridized carbons (Fsp3) is 0.227. The summed E-state index contributed by atoms with van der Waals surface area (Å²) < 4.78 is 19.9. The van der Waals surface area contributed by atoms with Gasteiger partial charge in [-0.15, -0.1) is 0 Å². The molecule has 1 aromatic heterocycles. The van der Waals surface area contributed by atoms with E-state index in [2.05, 4.69) is 15.5 Å². The molecule has 0 saturated heterocycles. The van der Waals surface area contributed by atoms with Crippen LogP contribution < -0.4 is 11.1 Å². The molecule has 0 saturated carbocycles. The molecule has 1 atom stereocenters. The second kappa shape index (κ2) is 9.21. The van der Waals surface area contributed by atoms with E-state index in [-0.39, 0.29) is 36.0 Å². The summed E-state index contributed by atoms with van der Waals surface area (Å²) in [4.78, 5) is 16.9. The van der Waals surface area contributed by atoms with Gasteiger partial charge in [-0.3, -0.25) is 10.1 Å². The number of guanidine groups is 1. The summed E-state index contributed by atoms with van der Waals surface area (Å²) in [6, 6.07) is 16.2. The van der Waals surface area contributed by atoms with Crippen molar-refractivity contribution in [1.82, 2.24) is 10.1 Å². The molecule has 1 unspecified atom stereocenters. The number of anilines is 1. The van der Waals surface area contributed by atoms with Crippen molar-refractivity contribution < 1.29 is 13.7 Å². The second-order valence-electron chi connectivity index (χ2n) is 7.06. The van der Waals surface area contributed by atoms with Crippen LogP contribution in [0.5, 0.6) is 0 Å². The summed E-state index contributed by atoms with van der Waals surface area (Å²) in [5.41, 5.74) is 8.52.